The van der Waals surface area contributed by atoms with Crippen molar-refractivity contribution in [2.75, 3.05) is 10.6 Å². The number of carbonyl (C=O) groups is 1. The lowest BCUT2D eigenvalue weighted by Gasteiger charge is -2.28. The summed E-state index contributed by atoms with van der Waals surface area (Å²) in [6.45, 7) is 2.00. The molecule has 1 fully saturated rings. The molecule has 4 nitrogen and oxygen atoms in total. The number of anilines is 2. The highest BCUT2D eigenvalue weighted by Crippen LogP contribution is 2.40. The van der Waals surface area contributed by atoms with Crippen LogP contribution in [0.1, 0.15) is 37.7 Å². The van der Waals surface area contributed by atoms with E-state index in [0.717, 1.165) is 29.9 Å². The van der Waals surface area contributed by atoms with Gasteiger partial charge in [0.15, 0.2) is 5.82 Å². The summed E-state index contributed by atoms with van der Waals surface area (Å²) in [5.74, 6) is 0.937. The van der Waals surface area contributed by atoms with Gasteiger partial charge in [0.1, 0.15) is 0 Å². The van der Waals surface area contributed by atoms with Gasteiger partial charge in [0.05, 0.1) is 5.69 Å². The van der Waals surface area contributed by atoms with E-state index in [-0.39, 0.29) is 11.4 Å². The van der Waals surface area contributed by atoms with Gasteiger partial charge in [0.25, 0.3) is 0 Å². The standard InChI is InChI=1S/C13H17N3O/c1-9-4-7-14-12-11(9)15-10(17)8-13(16-12)5-2-3-6-13/h4,7H,2-3,5-6,8H2,1H3,(H,14,16)(H,15,17). The number of aromatic nitrogens is 1. The molecule has 0 radical (unpaired) electrons. The normalized spacial score (nSPS) is 21.6. The van der Waals surface area contributed by atoms with Gasteiger partial charge in [-0.15, -0.1) is 0 Å². The molecule has 90 valence electrons. The van der Waals surface area contributed by atoms with E-state index >= 15 is 0 Å². The van der Waals surface area contributed by atoms with Crippen molar-refractivity contribution in [3.05, 3.63) is 17.8 Å². The van der Waals surface area contributed by atoms with E-state index in [1.165, 1.54) is 12.8 Å². The monoisotopic (exact) mass is 231 g/mol. The molecule has 17 heavy (non-hydrogen) atoms. The Labute approximate surface area is 101 Å². The molecular formula is C13H17N3O. The third-order valence-corrected chi connectivity index (χ3v) is 3.87. The first kappa shape index (κ1) is 10.6. The Bertz CT molecular complexity index is 464. The van der Waals surface area contributed by atoms with Crippen molar-refractivity contribution in [2.45, 2.75) is 44.6 Å². The van der Waals surface area contributed by atoms with Crippen LogP contribution in [0.3, 0.4) is 0 Å². The van der Waals surface area contributed by atoms with Crippen molar-refractivity contribution >= 4 is 17.4 Å². The minimum absolute atomic E-state index is 0.0594. The van der Waals surface area contributed by atoms with E-state index in [9.17, 15) is 4.79 Å². The summed E-state index contributed by atoms with van der Waals surface area (Å²) in [6.07, 6.45) is 6.87. The Hall–Kier alpha value is -1.58. The second kappa shape index (κ2) is 3.72. The van der Waals surface area contributed by atoms with Crippen LogP contribution in [0.5, 0.6) is 0 Å². The highest BCUT2D eigenvalue weighted by atomic mass is 16.1. The summed E-state index contributed by atoms with van der Waals surface area (Å²) in [5, 5.41) is 6.49. The fourth-order valence-electron chi connectivity index (χ4n) is 2.95. The highest BCUT2D eigenvalue weighted by Gasteiger charge is 2.38. The van der Waals surface area contributed by atoms with Gasteiger partial charge in [-0.3, -0.25) is 4.79 Å². The van der Waals surface area contributed by atoms with E-state index in [0.29, 0.717) is 6.42 Å². The topological polar surface area (TPSA) is 54.0 Å². The fourth-order valence-corrected chi connectivity index (χ4v) is 2.95. The molecule has 3 rings (SSSR count). The van der Waals surface area contributed by atoms with Crippen molar-refractivity contribution in [3.8, 4) is 0 Å². The van der Waals surface area contributed by atoms with Gasteiger partial charge in [0, 0.05) is 18.2 Å². The molecule has 4 heteroatoms. The summed E-state index contributed by atoms with van der Waals surface area (Å²) in [5.41, 5.74) is 1.85. The van der Waals surface area contributed by atoms with Crippen molar-refractivity contribution < 1.29 is 4.79 Å². The maximum absolute atomic E-state index is 12.0. The summed E-state index contributed by atoms with van der Waals surface area (Å²) < 4.78 is 0. The van der Waals surface area contributed by atoms with E-state index in [1.807, 2.05) is 13.0 Å². The largest absolute Gasteiger partial charge is 0.362 e. The maximum Gasteiger partial charge on any atom is 0.226 e. The lowest BCUT2D eigenvalue weighted by molar-refractivity contribution is -0.117. The van der Waals surface area contributed by atoms with E-state index in [2.05, 4.69) is 15.6 Å². The number of pyridine rings is 1. The first-order chi connectivity index (χ1) is 8.19. The molecule has 1 aromatic heterocycles. The Kier molecular flexibility index (Phi) is 2.31. The SMILES string of the molecule is Cc1ccnc2c1NC(=O)CC1(CCCC1)N2. The number of hydrogen-bond donors (Lipinski definition) is 2. The number of fused-ring (bicyclic) bond motifs is 1. The van der Waals surface area contributed by atoms with Crippen molar-refractivity contribution in [3.63, 3.8) is 0 Å². The van der Waals surface area contributed by atoms with Crippen LogP contribution in [0.25, 0.3) is 0 Å². The summed E-state index contributed by atoms with van der Waals surface area (Å²) in [4.78, 5) is 16.3. The Morgan fingerprint density at radius 3 is 2.88 bits per heavy atom. The zero-order valence-corrected chi connectivity index (χ0v) is 10.0. The molecule has 1 saturated carbocycles. The summed E-state index contributed by atoms with van der Waals surface area (Å²) in [7, 11) is 0. The fraction of sp³-hybridized carbons (Fsp3) is 0.538. The van der Waals surface area contributed by atoms with Crippen molar-refractivity contribution in [1.29, 1.82) is 0 Å². The van der Waals surface area contributed by atoms with Crippen LogP contribution >= 0.6 is 0 Å². The van der Waals surface area contributed by atoms with Gasteiger partial charge in [-0.1, -0.05) is 12.8 Å². The van der Waals surface area contributed by atoms with Crippen LogP contribution in [-0.2, 0) is 4.79 Å². The zero-order chi connectivity index (χ0) is 11.9. The Morgan fingerprint density at radius 2 is 2.12 bits per heavy atom. The number of aryl methyl sites for hydroxylation is 1. The molecule has 0 saturated heterocycles. The predicted octanol–water partition coefficient (Wildman–Crippen LogP) is 2.46. The minimum atomic E-state index is -0.0594. The minimum Gasteiger partial charge on any atom is -0.362 e. The number of hydrogen-bond acceptors (Lipinski definition) is 3. The van der Waals surface area contributed by atoms with Gasteiger partial charge in [-0.05, 0) is 31.4 Å². The molecule has 0 bridgehead atoms. The third kappa shape index (κ3) is 1.77. The Morgan fingerprint density at radius 1 is 1.35 bits per heavy atom. The molecule has 2 aliphatic rings. The van der Waals surface area contributed by atoms with Crippen LogP contribution < -0.4 is 10.6 Å². The van der Waals surface area contributed by atoms with E-state index in [4.69, 9.17) is 0 Å². The lowest BCUT2D eigenvalue weighted by atomic mass is 9.93. The number of carbonyl (C=O) groups excluding carboxylic acids is 1. The van der Waals surface area contributed by atoms with E-state index in [1.54, 1.807) is 6.20 Å². The highest BCUT2D eigenvalue weighted by molar-refractivity contribution is 5.97. The average Bonchev–Trinajstić information content (AvgIpc) is 2.65. The molecule has 1 aliphatic heterocycles. The van der Waals surface area contributed by atoms with Gasteiger partial charge >= 0.3 is 0 Å². The van der Waals surface area contributed by atoms with Crippen molar-refractivity contribution in [2.24, 2.45) is 0 Å². The van der Waals surface area contributed by atoms with E-state index < -0.39 is 0 Å². The molecule has 2 N–H and O–H groups in total. The van der Waals surface area contributed by atoms with Gasteiger partial charge < -0.3 is 10.6 Å². The van der Waals surface area contributed by atoms with Crippen molar-refractivity contribution in [1.82, 2.24) is 4.98 Å². The molecular weight excluding hydrogens is 214 g/mol. The smallest absolute Gasteiger partial charge is 0.226 e. The van der Waals surface area contributed by atoms with Crippen LogP contribution in [0.4, 0.5) is 11.5 Å². The maximum atomic E-state index is 12.0. The first-order valence-corrected chi connectivity index (χ1v) is 6.22. The van der Waals surface area contributed by atoms with Gasteiger partial charge in [0.2, 0.25) is 5.91 Å². The molecule has 1 aromatic rings. The number of nitrogens with zero attached hydrogens (tertiary/aromatic N) is 1. The second-order valence-electron chi connectivity index (χ2n) is 5.19. The number of nitrogens with one attached hydrogen (secondary N) is 2. The van der Waals surface area contributed by atoms with Crippen LogP contribution in [0.15, 0.2) is 12.3 Å². The molecule has 0 aromatic carbocycles. The zero-order valence-electron chi connectivity index (χ0n) is 10.0. The van der Waals surface area contributed by atoms with Crippen LogP contribution in [-0.4, -0.2) is 16.4 Å². The predicted molar refractivity (Wildman–Crippen MR) is 67.0 cm³/mol. The summed E-state index contributed by atoms with van der Waals surface area (Å²) >= 11 is 0. The first-order valence-electron chi connectivity index (χ1n) is 6.22. The molecule has 1 aliphatic carbocycles. The molecule has 2 heterocycles. The number of amides is 1. The Balaban J connectivity index is 2.04. The van der Waals surface area contributed by atoms with Gasteiger partial charge in [-0.25, -0.2) is 4.98 Å². The quantitative estimate of drug-likeness (QED) is 0.721. The second-order valence-corrected chi connectivity index (χ2v) is 5.19. The lowest BCUT2D eigenvalue weighted by Crippen LogP contribution is -2.37. The molecule has 0 atom stereocenters. The number of rotatable bonds is 0. The van der Waals surface area contributed by atoms with Gasteiger partial charge in [-0.2, -0.15) is 0 Å². The molecule has 1 spiro atoms. The van der Waals surface area contributed by atoms with Crippen LogP contribution in [0, 0.1) is 6.92 Å². The molecule has 0 unspecified atom stereocenters. The summed E-state index contributed by atoms with van der Waals surface area (Å²) in [6, 6.07) is 1.92. The van der Waals surface area contributed by atoms with Crippen LogP contribution in [0.2, 0.25) is 0 Å². The third-order valence-electron chi connectivity index (χ3n) is 3.87. The molecule has 1 amide bonds. The average molecular weight is 231 g/mol.